The van der Waals surface area contributed by atoms with Gasteiger partial charge in [0.05, 0.1) is 25.0 Å². The topological polar surface area (TPSA) is 104 Å². The number of amides is 4. The van der Waals surface area contributed by atoms with Gasteiger partial charge in [0.15, 0.2) is 0 Å². The summed E-state index contributed by atoms with van der Waals surface area (Å²) >= 11 is 0. The lowest BCUT2D eigenvalue weighted by Gasteiger charge is -2.36. The van der Waals surface area contributed by atoms with Gasteiger partial charge in [-0.1, -0.05) is 42.5 Å². The van der Waals surface area contributed by atoms with Crippen molar-refractivity contribution in [1.82, 2.24) is 9.88 Å². The van der Waals surface area contributed by atoms with Crippen molar-refractivity contribution in [2.75, 3.05) is 23.9 Å². The minimum Gasteiger partial charge on any atom is -0.497 e. The Hall–Kier alpha value is -5.57. The van der Waals surface area contributed by atoms with Crippen LogP contribution in [0, 0.1) is 0 Å². The molecule has 1 aromatic heterocycles. The van der Waals surface area contributed by atoms with Crippen molar-refractivity contribution >= 4 is 40.1 Å². The van der Waals surface area contributed by atoms with E-state index in [9.17, 15) is 14.4 Å². The summed E-state index contributed by atoms with van der Waals surface area (Å²) in [4.78, 5) is 48.5. The lowest BCUT2D eigenvalue weighted by atomic mass is 9.89. The van der Waals surface area contributed by atoms with Crippen LogP contribution in [0.15, 0.2) is 97.1 Å². The number of hydrogen-bond acceptors (Lipinski definition) is 5. The fourth-order valence-electron chi connectivity index (χ4n) is 6.31. The standard InChI is InChI=1S/C35H30N4O5/c1-3-44-23-17-15-22(16-18-23)36-33(40)26-12-5-7-14-29(26)39-34(41)30-20-27-25-11-4-6-13-28(25)37-31(27)32(38(30)35(39)42)21-9-8-10-24(19-21)43-2/h4-19,30,32,37H,3,20H2,1-2H3,(H,36,40)/t30-,32+/m0/s1. The Kier molecular flexibility index (Phi) is 6.77. The first-order valence-corrected chi connectivity index (χ1v) is 14.5. The molecule has 4 aromatic carbocycles. The van der Waals surface area contributed by atoms with Crippen molar-refractivity contribution in [3.8, 4) is 11.5 Å². The number of methoxy groups -OCH3 is 1. The largest absolute Gasteiger partial charge is 0.497 e. The summed E-state index contributed by atoms with van der Waals surface area (Å²) in [7, 11) is 1.60. The fourth-order valence-corrected chi connectivity index (χ4v) is 6.31. The summed E-state index contributed by atoms with van der Waals surface area (Å²) in [6, 6.07) is 27.4. The summed E-state index contributed by atoms with van der Waals surface area (Å²) in [5, 5.41) is 3.90. The SMILES string of the molecule is CCOc1ccc(NC(=O)c2ccccc2N2C(=O)[C@@H]3Cc4c([nH]c5ccccc45)[C@@H](c4cccc(OC)c4)N3C2=O)cc1. The normalized spacial score (nSPS) is 17.4. The molecule has 9 heteroatoms. The van der Waals surface area contributed by atoms with Gasteiger partial charge in [-0.05, 0) is 72.6 Å². The number of benzene rings is 4. The number of nitrogens with one attached hydrogen (secondary N) is 2. The average molecular weight is 587 g/mol. The first kappa shape index (κ1) is 27.3. The summed E-state index contributed by atoms with van der Waals surface area (Å²) in [5.41, 5.74) is 4.63. The van der Waals surface area contributed by atoms with Gasteiger partial charge in [-0.3, -0.25) is 14.5 Å². The second-order valence-electron chi connectivity index (χ2n) is 10.8. The van der Waals surface area contributed by atoms with E-state index in [1.165, 1.54) is 0 Å². The number of H-pyrrole nitrogens is 1. The number of imide groups is 1. The predicted octanol–water partition coefficient (Wildman–Crippen LogP) is 6.31. The van der Waals surface area contributed by atoms with Crippen LogP contribution in [0.25, 0.3) is 10.9 Å². The molecule has 220 valence electrons. The molecule has 0 aliphatic carbocycles. The van der Waals surface area contributed by atoms with E-state index in [-0.39, 0.29) is 17.2 Å². The number of urea groups is 1. The third-order valence-corrected chi connectivity index (χ3v) is 8.27. The van der Waals surface area contributed by atoms with Gasteiger partial charge >= 0.3 is 6.03 Å². The number of aromatic amines is 1. The van der Waals surface area contributed by atoms with Crippen molar-refractivity contribution in [3.63, 3.8) is 0 Å². The molecule has 2 atom stereocenters. The number of carbonyl (C=O) groups excluding carboxylic acids is 3. The van der Waals surface area contributed by atoms with Crippen LogP contribution in [-0.4, -0.2) is 47.5 Å². The second-order valence-corrected chi connectivity index (χ2v) is 10.8. The number of fused-ring (bicyclic) bond motifs is 4. The summed E-state index contributed by atoms with van der Waals surface area (Å²) < 4.78 is 11.0. The first-order valence-electron chi connectivity index (χ1n) is 14.5. The van der Waals surface area contributed by atoms with E-state index in [0.717, 1.165) is 32.6 Å². The highest BCUT2D eigenvalue weighted by Gasteiger charge is 2.53. The summed E-state index contributed by atoms with van der Waals surface area (Å²) in [6.45, 7) is 2.44. The number of hydrogen-bond donors (Lipinski definition) is 2. The number of rotatable bonds is 7. The Morgan fingerprint density at radius 1 is 0.932 bits per heavy atom. The van der Waals surface area contributed by atoms with Crippen LogP contribution in [-0.2, 0) is 11.2 Å². The van der Waals surface area contributed by atoms with E-state index < -0.39 is 24.0 Å². The number of para-hydroxylation sites is 2. The maximum atomic E-state index is 14.4. The number of anilines is 2. The van der Waals surface area contributed by atoms with Gasteiger partial charge in [0.25, 0.3) is 11.8 Å². The summed E-state index contributed by atoms with van der Waals surface area (Å²) in [6.07, 6.45) is 0.349. The number of aromatic nitrogens is 1. The summed E-state index contributed by atoms with van der Waals surface area (Å²) in [5.74, 6) is 0.531. The zero-order chi connectivity index (χ0) is 30.4. The Morgan fingerprint density at radius 2 is 1.70 bits per heavy atom. The number of nitrogens with zero attached hydrogens (tertiary/aromatic N) is 2. The minimum absolute atomic E-state index is 0.213. The van der Waals surface area contributed by atoms with Gasteiger partial charge in [0, 0.05) is 28.7 Å². The van der Waals surface area contributed by atoms with Crippen molar-refractivity contribution in [2.45, 2.75) is 25.4 Å². The van der Waals surface area contributed by atoms with Gasteiger partial charge in [0.2, 0.25) is 0 Å². The Bertz CT molecular complexity index is 1910. The van der Waals surface area contributed by atoms with E-state index in [0.29, 0.717) is 30.2 Å². The number of ether oxygens (including phenoxy) is 2. The van der Waals surface area contributed by atoms with E-state index in [4.69, 9.17) is 9.47 Å². The molecule has 0 unspecified atom stereocenters. The molecule has 1 fully saturated rings. The Balaban J connectivity index is 1.28. The molecule has 0 radical (unpaired) electrons. The van der Waals surface area contributed by atoms with Gasteiger partial charge in [-0.15, -0.1) is 0 Å². The molecule has 0 spiro atoms. The maximum absolute atomic E-state index is 14.4. The highest BCUT2D eigenvalue weighted by molar-refractivity contribution is 6.24. The molecule has 0 bridgehead atoms. The van der Waals surface area contributed by atoms with Crippen LogP contribution < -0.4 is 19.7 Å². The van der Waals surface area contributed by atoms with Crippen LogP contribution in [0.1, 0.15) is 40.1 Å². The Labute approximate surface area is 254 Å². The molecular weight excluding hydrogens is 556 g/mol. The molecule has 2 aliphatic heterocycles. The van der Waals surface area contributed by atoms with E-state index in [1.54, 1.807) is 60.5 Å². The molecule has 7 rings (SSSR count). The van der Waals surface area contributed by atoms with Gasteiger partial charge in [0.1, 0.15) is 23.6 Å². The van der Waals surface area contributed by atoms with Gasteiger partial charge < -0.3 is 19.8 Å². The van der Waals surface area contributed by atoms with Crippen LogP contribution >= 0.6 is 0 Å². The van der Waals surface area contributed by atoms with Crippen LogP contribution in [0.4, 0.5) is 16.2 Å². The van der Waals surface area contributed by atoms with Gasteiger partial charge in [-0.25, -0.2) is 9.69 Å². The molecule has 5 aromatic rings. The highest BCUT2D eigenvalue weighted by Crippen LogP contribution is 2.45. The molecule has 44 heavy (non-hydrogen) atoms. The van der Waals surface area contributed by atoms with Crippen molar-refractivity contribution in [3.05, 3.63) is 119 Å². The molecule has 2 N–H and O–H groups in total. The van der Waals surface area contributed by atoms with E-state index >= 15 is 0 Å². The fraction of sp³-hybridized carbons (Fsp3) is 0.171. The quantitative estimate of drug-likeness (QED) is 0.218. The highest BCUT2D eigenvalue weighted by atomic mass is 16.5. The van der Waals surface area contributed by atoms with Crippen LogP contribution in [0.2, 0.25) is 0 Å². The molecule has 4 amide bonds. The van der Waals surface area contributed by atoms with Gasteiger partial charge in [-0.2, -0.15) is 0 Å². The Morgan fingerprint density at radius 3 is 2.50 bits per heavy atom. The van der Waals surface area contributed by atoms with Crippen LogP contribution in [0.5, 0.6) is 11.5 Å². The second kappa shape index (κ2) is 10.9. The van der Waals surface area contributed by atoms with Crippen molar-refractivity contribution in [2.24, 2.45) is 0 Å². The number of carbonyl (C=O) groups is 3. The molecule has 9 nitrogen and oxygen atoms in total. The first-order chi connectivity index (χ1) is 21.5. The van der Waals surface area contributed by atoms with E-state index in [1.807, 2.05) is 55.5 Å². The third kappa shape index (κ3) is 4.44. The molecule has 1 saturated heterocycles. The monoisotopic (exact) mass is 586 g/mol. The van der Waals surface area contributed by atoms with Crippen molar-refractivity contribution in [1.29, 1.82) is 0 Å². The molecular formula is C35H30N4O5. The lowest BCUT2D eigenvalue weighted by molar-refractivity contribution is -0.120. The lowest BCUT2D eigenvalue weighted by Crippen LogP contribution is -2.44. The molecule has 0 saturated carbocycles. The van der Waals surface area contributed by atoms with E-state index in [2.05, 4.69) is 10.3 Å². The van der Waals surface area contributed by atoms with Crippen LogP contribution in [0.3, 0.4) is 0 Å². The van der Waals surface area contributed by atoms with Crippen molar-refractivity contribution < 1.29 is 23.9 Å². The predicted molar refractivity (Wildman–Crippen MR) is 167 cm³/mol. The zero-order valence-corrected chi connectivity index (χ0v) is 24.2. The third-order valence-electron chi connectivity index (χ3n) is 8.27. The smallest absolute Gasteiger partial charge is 0.332 e. The molecule has 2 aliphatic rings. The zero-order valence-electron chi connectivity index (χ0n) is 24.2. The molecule has 3 heterocycles. The maximum Gasteiger partial charge on any atom is 0.332 e. The average Bonchev–Trinajstić information content (AvgIpc) is 3.54. The minimum atomic E-state index is -0.757.